The summed E-state index contributed by atoms with van der Waals surface area (Å²) in [6.45, 7) is 6.71. The van der Waals surface area contributed by atoms with Gasteiger partial charge in [-0.15, -0.1) is 0 Å². The molecule has 1 aromatic heterocycles. The van der Waals surface area contributed by atoms with Gasteiger partial charge in [0, 0.05) is 38.4 Å². The number of likely N-dealkylation sites (tertiary alicyclic amines) is 1. The number of hydrogen-bond donors (Lipinski definition) is 1. The number of pyridine rings is 1. The highest BCUT2D eigenvalue weighted by molar-refractivity contribution is 5.82. The third-order valence-corrected chi connectivity index (χ3v) is 4.36. The Labute approximate surface area is 149 Å². The fraction of sp³-hybridized carbons (Fsp3) is 0.611. The van der Waals surface area contributed by atoms with E-state index < -0.39 is 0 Å². The van der Waals surface area contributed by atoms with E-state index in [1.165, 1.54) is 7.11 Å². The van der Waals surface area contributed by atoms with Crippen LogP contribution < -0.4 is 10.1 Å². The normalized spacial score (nSPS) is 20.5. The molecule has 0 aromatic carbocycles. The van der Waals surface area contributed by atoms with E-state index in [0.29, 0.717) is 25.6 Å². The van der Waals surface area contributed by atoms with Crippen molar-refractivity contribution in [3.8, 4) is 5.88 Å². The summed E-state index contributed by atoms with van der Waals surface area (Å²) in [6, 6.07) is 3.88. The molecule has 1 aliphatic heterocycles. The molecule has 0 spiro atoms. The minimum atomic E-state index is -0.159. The van der Waals surface area contributed by atoms with E-state index in [9.17, 15) is 4.79 Å². The molecule has 1 N–H and O–H groups in total. The van der Waals surface area contributed by atoms with Crippen LogP contribution in [0, 0.1) is 11.8 Å². The molecule has 1 fully saturated rings. The van der Waals surface area contributed by atoms with Crippen molar-refractivity contribution >= 4 is 11.9 Å². The van der Waals surface area contributed by atoms with Crippen LogP contribution in [0.25, 0.3) is 0 Å². The standard InChI is InChI=1S/C18H28N4O3/c1-5-9-25-16-14(7-6-8-20-16)10-21-18(19-3)22-11-13(2)15(12-22)17(23)24-4/h6-8,13,15H,5,9-12H2,1-4H3,(H,19,21). The van der Waals surface area contributed by atoms with Gasteiger partial charge in [-0.1, -0.05) is 19.9 Å². The SMILES string of the molecule is CCCOc1ncccc1CNC(=NC)N1CC(C)C(C(=O)OC)C1. The topological polar surface area (TPSA) is 76.0 Å². The van der Waals surface area contributed by atoms with Crippen LogP contribution in [-0.4, -0.2) is 55.7 Å². The Bertz CT molecular complexity index is 606. The highest BCUT2D eigenvalue weighted by atomic mass is 16.5. The van der Waals surface area contributed by atoms with Crippen LogP contribution in [0.3, 0.4) is 0 Å². The number of aliphatic imine (C=N–C) groups is 1. The highest BCUT2D eigenvalue weighted by Gasteiger charge is 2.36. The van der Waals surface area contributed by atoms with Gasteiger partial charge in [-0.2, -0.15) is 0 Å². The Morgan fingerprint density at radius 3 is 2.96 bits per heavy atom. The Kier molecular flexibility index (Phi) is 7.03. The maximum Gasteiger partial charge on any atom is 0.310 e. The number of hydrogen-bond acceptors (Lipinski definition) is 5. The molecule has 1 aromatic rings. The lowest BCUT2D eigenvalue weighted by Gasteiger charge is -2.22. The van der Waals surface area contributed by atoms with Gasteiger partial charge >= 0.3 is 5.97 Å². The quantitative estimate of drug-likeness (QED) is 0.479. The van der Waals surface area contributed by atoms with E-state index in [0.717, 1.165) is 24.5 Å². The lowest BCUT2D eigenvalue weighted by atomic mass is 9.99. The molecule has 0 bridgehead atoms. The zero-order chi connectivity index (χ0) is 18.2. The first-order valence-electron chi connectivity index (χ1n) is 8.70. The molecule has 138 valence electrons. The van der Waals surface area contributed by atoms with Crippen LogP contribution in [0.5, 0.6) is 5.88 Å². The summed E-state index contributed by atoms with van der Waals surface area (Å²) in [4.78, 5) is 22.6. The molecule has 1 aliphatic rings. The minimum Gasteiger partial charge on any atom is -0.477 e. The summed E-state index contributed by atoms with van der Waals surface area (Å²) in [6.07, 6.45) is 2.66. The second-order valence-electron chi connectivity index (χ2n) is 6.23. The zero-order valence-electron chi connectivity index (χ0n) is 15.5. The predicted molar refractivity (Wildman–Crippen MR) is 96.5 cm³/mol. The first-order chi connectivity index (χ1) is 12.1. The van der Waals surface area contributed by atoms with E-state index in [2.05, 4.69) is 34.0 Å². The molecule has 7 heteroatoms. The molecule has 2 heterocycles. The van der Waals surface area contributed by atoms with E-state index >= 15 is 0 Å². The van der Waals surface area contributed by atoms with E-state index in [4.69, 9.17) is 9.47 Å². The molecule has 0 radical (unpaired) electrons. The molecule has 2 rings (SSSR count). The summed E-state index contributed by atoms with van der Waals surface area (Å²) in [5.74, 6) is 1.37. The van der Waals surface area contributed by atoms with E-state index in [1.807, 2.05) is 12.1 Å². The fourth-order valence-corrected chi connectivity index (χ4v) is 2.99. The summed E-state index contributed by atoms with van der Waals surface area (Å²) in [5, 5.41) is 3.35. The third kappa shape index (κ3) is 4.84. The van der Waals surface area contributed by atoms with Gasteiger partial charge in [-0.25, -0.2) is 4.98 Å². The van der Waals surface area contributed by atoms with Crippen molar-refractivity contribution < 1.29 is 14.3 Å². The monoisotopic (exact) mass is 348 g/mol. The number of guanidine groups is 1. The second kappa shape index (κ2) is 9.25. The Morgan fingerprint density at radius 2 is 2.28 bits per heavy atom. The summed E-state index contributed by atoms with van der Waals surface area (Å²) in [7, 11) is 3.18. The van der Waals surface area contributed by atoms with Crippen LogP contribution in [-0.2, 0) is 16.1 Å². The minimum absolute atomic E-state index is 0.120. The summed E-state index contributed by atoms with van der Waals surface area (Å²) < 4.78 is 10.6. The molecule has 0 amide bonds. The van der Waals surface area contributed by atoms with Crippen LogP contribution in [0.15, 0.2) is 23.3 Å². The molecule has 25 heavy (non-hydrogen) atoms. The third-order valence-electron chi connectivity index (χ3n) is 4.36. The summed E-state index contributed by atoms with van der Waals surface area (Å²) in [5.41, 5.74) is 0.980. The van der Waals surface area contributed by atoms with Crippen LogP contribution in [0.2, 0.25) is 0 Å². The summed E-state index contributed by atoms with van der Waals surface area (Å²) >= 11 is 0. The number of carbonyl (C=O) groups excluding carboxylic acids is 1. The van der Waals surface area contributed by atoms with Gasteiger partial charge in [0.05, 0.1) is 19.6 Å². The molecule has 2 atom stereocenters. The number of rotatable bonds is 6. The van der Waals surface area contributed by atoms with Crippen LogP contribution in [0.1, 0.15) is 25.8 Å². The van der Waals surface area contributed by atoms with E-state index in [-0.39, 0.29) is 17.8 Å². The van der Waals surface area contributed by atoms with Gasteiger partial charge in [0.25, 0.3) is 0 Å². The first-order valence-corrected chi connectivity index (χ1v) is 8.70. The van der Waals surface area contributed by atoms with Gasteiger partial charge in [-0.05, 0) is 18.4 Å². The van der Waals surface area contributed by atoms with Gasteiger partial charge in [-0.3, -0.25) is 9.79 Å². The number of nitrogens with one attached hydrogen (secondary N) is 1. The smallest absolute Gasteiger partial charge is 0.310 e. The zero-order valence-corrected chi connectivity index (χ0v) is 15.5. The van der Waals surface area contributed by atoms with Crippen molar-refractivity contribution in [2.45, 2.75) is 26.8 Å². The van der Waals surface area contributed by atoms with Gasteiger partial charge < -0.3 is 19.7 Å². The van der Waals surface area contributed by atoms with Crippen molar-refractivity contribution in [2.75, 3.05) is 33.9 Å². The molecule has 2 unspecified atom stereocenters. The first kappa shape index (κ1) is 19.0. The number of nitrogens with zero attached hydrogens (tertiary/aromatic N) is 3. The van der Waals surface area contributed by atoms with Crippen molar-refractivity contribution in [3.63, 3.8) is 0 Å². The maximum absolute atomic E-state index is 11.9. The number of carbonyl (C=O) groups is 1. The fourth-order valence-electron chi connectivity index (χ4n) is 2.99. The average molecular weight is 348 g/mol. The van der Waals surface area contributed by atoms with Crippen molar-refractivity contribution in [2.24, 2.45) is 16.8 Å². The molecular formula is C18H28N4O3. The number of aromatic nitrogens is 1. The van der Waals surface area contributed by atoms with Crippen LogP contribution in [0.4, 0.5) is 0 Å². The Hall–Kier alpha value is -2.31. The average Bonchev–Trinajstić information content (AvgIpc) is 3.02. The van der Waals surface area contributed by atoms with Gasteiger partial charge in [0.2, 0.25) is 5.88 Å². The lowest BCUT2D eigenvalue weighted by Crippen LogP contribution is -2.40. The van der Waals surface area contributed by atoms with Crippen LogP contribution >= 0.6 is 0 Å². The van der Waals surface area contributed by atoms with Crippen molar-refractivity contribution in [1.82, 2.24) is 15.2 Å². The Balaban J connectivity index is 1.99. The van der Waals surface area contributed by atoms with Crippen molar-refractivity contribution in [3.05, 3.63) is 23.9 Å². The molecular weight excluding hydrogens is 320 g/mol. The largest absolute Gasteiger partial charge is 0.477 e. The molecule has 7 nitrogen and oxygen atoms in total. The lowest BCUT2D eigenvalue weighted by molar-refractivity contribution is -0.145. The second-order valence-corrected chi connectivity index (χ2v) is 6.23. The molecule has 0 aliphatic carbocycles. The Morgan fingerprint density at radius 1 is 1.48 bits per heavy atom. The predicted octanol–water partition coefficient (Wildman–Crippen LogP) is 1.69. The number of esters is 1. The van der Waals surface area contributed by atoms with Gasteiger partial charge in [0.15, 0.2) is 5.96 Å². The van der Waals surface area contributed by atoms with Gasteiger partial charge in [0.1, 0.15) is 0 Å². The molecule has 0 saturated carbocycles. The van der Waals surface area contributed by atoms with Crippen molar-refractivity contribution in [1.29, 1.82) is 0 Å². The molecule has 1 saturated heterocycles. The highest BCUT2D eigenvalue weighted by Crippen LogP contribution is 2.24. The van der Waals surface area contributed by atoms with E-state index in [1.54, 1.807) is 13.2 Å². The number of ether oxygens (including phenoxy) is 2. The maximum atomic E-state index is 11.9. The number of methoxy groups -OCH3 is 1.